The molecule has 1 unspecified atom stereocenters. The lowest BCUT2D eigenvalue weighted by Crippen LogP contribution is -2.41. The van der Waals surface area contributed by atoms with Gasteiger partial charge in [0.2, 0.25) is 11.0 Å². The highest BCUT2D eigenvalue weighted by Gasteiger charge is 2.19. The van der Waals surface area contributed by atoms with Crippen LogP contribution in [-0.4, -0.2) is 28.1 Å². The number of hydrogen-bond donors (Lipinski definition) is 2. The van der Waals surface area contributed by atoms with Crippen LogP contribution in [0.15, 0.2) is 58.9 Å². The third kappa shape index (κ3) is 6.63. The first-order valence-corrected chi connectivity index (χ1v) is 11.7. The number of hydrogen-bond acceptors (Lipinski definition) is 6. The van der Waals surface area contributed by atoms with Crippen LogP contribution >= 0.6 is 23.1 Å². The van der Waals surface area contributed by atoms with Gasteiger partial charge in [-0.15, -0.1) is 10.2 Å². The van der Waals surface area contributed by atoms with Gasteiger partial charge < -0.3 is 5.32 Å². The van der Waals surface area contributed by atoms with Crippen molar-refractivity contribution in [3.8, 4) is 0 Å². The molecule has 0 fully saturated rings. The molecule has 0 spiro atoms. The van der Waals surface area contributed by atoms with Gasteiger partial charge in [0.05, 0.1) is 0 Å². The van der Waals surface area contributed by atoms with Crippen molar-refractivity contribution in [3.63, 3.8) is 0 Å². The molecule has 0 aliphatic rings. The van der Waals surface area contributed by atoms with Crippen molar-refractivity contribution in [1.29, 1.82) is 0 Å². The van der Waals surface area contributed by atoms with E-state index >= 15 is 0 Å². The molecule has 162 valence electrons. The molecular formula is C23H26N4O2S2. The summed E-state index contributed by atoms with van der Waals surface area (Å²) in [4.78, 5) is 24.9. The summed E-state index contributed by atoms with van der Waals surface area (Å²) < 4.78 is 0.773. The van der Waals surface area contributed by atoms with E-state index in [9.17, 15) is 9.59 Å². The zero-order valence-corrected chi connectivity index (χ0v) is 19.6. The highest BCUT2D eigenvalue weighted by Crippen LogP contribution is 2.28. The number of nitrogens with zero attached hydrogens (tertiary/aromatic N) is 2. The predicted octanol–water partition coefficient (Wildman–Crippen LogP) is 4.88. The number of amides is 2. The fraction of sp³-hybridized carbons (Fsp3) is 0.304. The van der Waals surface area contributed by atoms with Gasteiger partial charge in [-0.2, -0.15) is 0 Å². The molecule has 3 aromatic rings. The summed E-state index contributed by atoms with van der Waals surface area (Å²) in [6.07, 6.45) is 0. The predicted molar refractivity (Wildman–Crippen MR) is 127 cm³/mol. The SMILES string of the molecule is CC(NC(=O)c1ccc(C(C)(C)C)cc1)C(=O)Nc1nnc(SCc2ccccc2)s1. The van der Waals surface area contributed by atoms with Crippen LogP contribution in [0.4, 0.5) is 5.13 Å². The van der Waals surface area contributed by atoms with Gasteiger partial charge in [-0.1, -0.05) is 86.3 Å². The first-order chi connectivity index (χ1) is 14.7. The maximum absolute atomic E-state index is 12.5. The summed E-state index contributed by atoms with van der Waals surface area (Å²) in [5, 5.41) is 14.0. The molecule has 2 amide bonds. The average molecular weight is 455 g/mol. The number of nitrogens with one attached hydrogen (secondary N) is 2. The van der Waals surface area contributed by atoms with Crippen molar-refractivity contribution in [2.75, 3.05) is 5.32 Å². The fourth-order valence-electron chi connectivity index (χ4n) is 2.72. The molecule has 0 saturated heterocycles. The third-order valence-electron chi connectivity index (χ3n) is 4.60. The van der Waals surface area contributed by atoms with Gasteiger partial charge in [-0.05, 0) is 35.6 Å². The summed E-state index contributed by atoms with van der Waals surface area (Å²) in [7, 11) is 0. The first-order valence-electron chi connectivity index (χ1n) is 9.95. The highest BCUT2D eigenvalue weighted by atomic mass is 32.2. The van der Waals surface area contributed by atoms with Gasteiger partial charge >= 0.3 is 0 Å². The van der Waals surface area contributed by atoms with E-state index in [1.165, 1.54) is 16.9 Å². The van der Waals surface area contributed by atoms with Crippen LogP contribution in [0.2, 0.25) is 0 Å². The highest BCUT2D eigenvalue weighted by molar-refractivity contribution is 8.00. The number of carbonyl (C=O) groups excluding carboxylic acids is 2. The lowest BCUT2D eigenvalue weighted by atomic mass is 9.86. The number of thioether (sulfide) groups is 1. The van der Waals surface area contributed by atoms with E-state index in [-0.39, 0.29) is 17.2 Å². The van der Waals surface area contributed by atoms with Gasteiger partial charge in [0.1, 0.15) is 6.04 Å². The van der Waals surface area contributed by atoms with Crippen LogP contribution in [0.1, 0.15) is 49.2 Å². The molecular weight excluding hydrogens is 428 g/mol. The minimum Gasteiger partial charge on any atom is -0.341 e. The van der Waals surface area contributed by atoms with Crippen molar-refractivity contribution in [3.05, 3.63) is 71.3 Å². The maximum Gasteiger partial charge on any atom is 0.251 e. The zero-order chi connectivity index (χ0) is 22.4. The lowest BCUT2D eigenvalue weighted by Gasteiger charge is -2.19. The monoisotopic (exact) mass is 454 g/mol. The summed E-state index contributed by atoms with van der Waals surface area (Å²) in [6, 6.07) is 16.8. The standard InChI is InChI=1S/C23H26N4O2S2/c1-15(24-20(29)17-10-12-18(13-11-17)23(2,3)4)19(28)25-21-26-27-22(31-21)30-14-16-8-6-5-7-9-16/h5-13,15H,14H2,1-4H3,(H,24,29)(H,25,26,28). The Balaban J connectivity index is 1.51. The molecule has 0 bridgehead atoms. The number of anilines is 1. The van der Waals surface area contributed by atoms with Crippen LogP contribution in [0.5, 0.6) is 0 Å². The van der Waals surface area contributed by atoms with E-state index < -0.39 is 6.04 Å². The van der Waals surface area contributed by atoms with E-state index in [2.05, 4.69) is 53.7 Å². The van der Waals surface area contributed by atoms with Crippen LogP contribution in [0.3, 0.4) is 0 Å². The third-order valence-corrected chi connectivity index (χ3v) is 6.64. The molecule has 1 atom stereocenters. The smallest absolute Gasteiger partial charge is 0.251 e. The second-order valence-corrected chi connectivity index (χ2v) is 10.4. The molecule has 31 heavy (non-hydrogen) atoms. The lowest BCUT2D eigenvalue weighted by molar-refractivity contribution is -0.117. The molecule has 0 radical (unpaired) electrons. The largest absolute Gasteiger partial charge is 0.341 e. The Kier molecular flexibility index (Phi) is 7.46. The van der Waals surface area contributed by atoms with Crippen LogP contribution in [-0.2, 0) is 16.0 Å². The summed E-state index contributed by atoms with van der Waals surface area (Å²) in [5.41, 5.74) is 2.87. The van der Waals surface area contributed by atoms with E-state index in [1.807, 2.05) is 30.3 Å². The summed E-state index contributed by atoms with van der Waals surface area (Å²) in [6.45, 7) is 8.00. The molecule has 2 aromatic carbocycles. The Bertz CT molecular complexity index is 1030. The Morgan fingerprint density at radius 3 is 2.35 bits per heavy atom. The molecule has 6 nitrogen and oxygen atoms in total. The number of aromatic nitrogens is 2. The molecule has 1 heterocycles. The van der Waals surface area contributed by atoms with Crippen LogP contribution < -0.4 is 10.6 Å². The molecule has 2 N–H and O–H groups in total. The van der Waals surface area contributed by atoms with Gasteiger partial charge in [-0.3, -0.25) is 14.9 Å². The Morgan fingerprint density at radius 2 is 1.71 bits per heavy atom. The average Bonchev–Trinajstić information content (AvgIpc) is 3.19. The van der Waals surface area contributed by atoms with E-state index in [0.29, 0.717) is 10.7 Å². The van der Waals surface area contributed by atoms with Crippen molar-refractivity contribution >= 4 is 40.0 Å². The van der Waals surface area contributed by atoms with E-state index in [1.54, 1.807) is 30.8 Å². The van der Waals surface area contributed by atoms with Crippen LogP contribution in [0, 0.1) is 0 Å². The van der Waals surface area contributed by atoms with Crippen molar-refractivity contribution in [1.82, 2.24) is 15.5 Å². The van der Waals surface area contributed by atoms with Crippen molar-refractivity contribution < 1.29 is 9.59 Å². The minimum atomic E-state index is -0.709. The van der Waals surface area contributed by atoms with Crippen molar-refractivity contribution in [2.24, 2.45) is 0 Å². The Labute approximate surface area is 190 Å². The maximum atomic E-state index is 12.5. The van der Waals surface area contributed by atoms with Crippen molar-refractivity contribution in [2.45, 2.75) is 49.2 Å². The second kappa shape index (κ2) is 10.1. The molecule has 0 aliphatic carbocycles. The molecule has 1 aromatic heterocycles. The summed E-state index contributed by atoms with van der Waals surface area (Å²) in [5.74, 6) is 0.152. The zero-order valence-electron chi connectivity index (χ0n) is 18.0. The fourth-order valence-corrected chi connectivity index (χ4v) is 4.43. The number of carbonyl (C=O) groups is 2. The van der Waals surface area contributed by atoms with E-state index in [0.717, 1.165) is 15.7 Å². The van der Waals surface area contributed by atoms with Gasteiger partial charge in [-0.25, -0.2) is 0 Å². The molecule has 8 heteroatoms. The quantitative estimate of drug-likeness (QED) is 0.392. The van der Waals surface area contributed by atoms with Gasteiger partial charge in [0.25, 0.3) is 5.91 Å². The van der Waals surface area contributed by atoms with Gasteiger partial charge in [0, 0.05) is 11.3 Å². The molecule has 0 saturated carbocycles. The molecule has 3 rings (SSSR count). The topological polar surface area (TPSA) is 84.0 Å². The Hall–Kier alpha value is -2.71. The number of rotatable bonds is 7. The second-order valence-electron chi connectivity index (χ2n) is 8.16. The molecule has 0 aliphatic heterocycles. The first kappa shape index (κ1) is 23.0. The van der Waals surface area contributed by atoms with Crippen LogP contribution in [0.25, 0.3) is 0 Å². The van der Waals surface area contributed by atoms with Gasteiger partial charge in [0.15, 0.2) is 4.34 Å². The minimum absolute atomic E-state index is 0.0160. The summed E-state index contributed by atoms with van der Waals surface area (Å²) >= 11 is 2.88. The number of benzene rings is 2. The Morgan fingerprint density at radius 1 is 1.03 bits per heavy atom. The normalized spacial score (nSPS) is 12.3. The van der Waals surface area contributed by atoms with E-state index in [4.69, 9.17) is 0 Å².